The number of hydrogen-bond donors (Lipinski definition) is 2. The normalized spacial score (nSPS) is 10.6. The number of aryl methyl sites for hydroxylation is 3. The molecule has 0 bridgehead atoms. The average Bonchev–Trinajstić information content (AvgIpc) is 3.17. The lowest BCUT2D eigenvalue weighted by Gasteiger charge is -2.11. The van der Waals surface area contributed by atoms with E-state index in [0.29, 0.717) is 16.7 Å². The third kappa shape index (κ3) is 5.65. The van der Waals surface area contributed by atoms with Crippen molar-refractivity contribution in [2.75, 3.05) is 11.9 Å². The maximum absolute atomic E-state index is 12.1. The van der Waals surface area contributed by atoms with Crippen molar-refractivity contribution in [3.05, 3.63) is 64.5 Å². The highest BCUT2D eigenvalue weighted by atomic mass is 35.5. The van der Waals surface area contributed by atoms with Gasteiger partial charge in [0.15, 0.2) is 0 Å². The Hall–Kier alpha value is -3.19. The first-order valence-corrected chi connectivity index (χ1v) is 9.51. The molecule has 8 heteroatoms. The first-order valence-electron chi connectivity index (χ1n) is 9.13. The van der Waals surface area contributed by atoms with Crippen molar-refractivity contribution in [2.45, 2.75) is 26.7 Å². The van der Waals surface area contributed by atoms with E-state index in [0.717, 1.165) is 22.4 Å². The van der Waals surface area contributed by atoms with Crippen LogP contribution in [0, 0.1) is 13.8 Å². The van der Waals surface area contributed by atoms with Crippen molar-refractivity contribution in [2.24, 2.45) is 0 Å². The molecule has 0 aliphatic heterocycles. The van der Waals surface area contributed by atoms with Gasteiger partial charge in [-0.05, 0) is 49.2 Å². The topological polar surface area (TPSA) is 97.1 Å². The number of halogens is 1. The third-order valence-electron chi connectivity index (χ3n) is 4.33. The van der Waals surface area contributed by atoms with Crippen LogP contribution in [-0.4, -0.2) is 28.5 Å². The number of carbonyl (C=O) groups is 2. The number of anilines is 1. The van der Waals surface area contributed by atoms with Gasteiger partial charge in [-0.15, -0.1) is 0 Å². The highest BCUT2D eigenvalue weighted by Crippen LogP contribution is 2.20. The van der Waals surface area contributed by atoms with Crippen LogP contribution in [0.5, 0.6) is 0 Å². The molecule has 3 aromatic rings. The molecule has 2 amide bonds. The Morgan fingerprint density at radius 1 is 1.03 bits per heavy atom. The zero-order chi connectivity index (χ0) is 20.8. The van der Waals surface area contributed by atoms with Crippen LogP contribution in [0.25, 0.3) is 11.4 Å². The molecule has 0 saturated carbocycles. The number of carbonyl (C=O) groups excluding carboxylic acids is 2. The van der Waals surface area contributed by atoms with Gasteiger partial charge >= 0.3 is 0 Å². The van der Waals surface area contributed by atoms with Crippen molar-refractivity contribution in [3.8, 4) is 11.4 Å². The standard InChI is InChI=1S/C21H21ClN4O3/c1-13-4-3-5-14(2)20(13)24-18(28)12-23-17(27)10-11-19-25-21(26-29-19)15-6-8-16(22)9-7-15/h3-9H,10-12H2,1-2H3,(H,23,27)(H,24,28). The molecule has 0 aliphatic carbocycles. The van der Waals surface area contributed by atoms with Crippen LogP contribution in [-0.2, 0) is 16.0 Å². The average molecular weight is 413 g/mol. The first kappa shape index (κ1) is 20.5. The van der Waals surface area contributed by atoms with E-state index in [1.807, 2.05) is 32.0 Å². The van der Waals surface area contributed by atoms with E-state index < -0.39 is 0 Å². The van der Waals surface area contributed by atoms with E-state index in [1.165, 1.54) is 0 Å². The van der Waals surface area contributed by atoms with Gasteiger partial charge in [-0.2, -0.15) is 4.98 Å². The summed E-state index contributed by atoms with van der Waals surface area (Å²) in [5.74, 6) is 0.238. The highest BCUT2D eigenvalue weighted by molar-refractivity contribution is 6.30. The molecular weight excluding hydrogens is 392 g/mol. The maximum atomic E-state index is 12.1. The summed E-state index contributed by atoms with van der Waals surface area (Å²) in [6, 6.07) is 12.8. The van der Waals surface area contributed by atoms with E-state index in [4.69, 9.17) is 16.1 Å². The quantitative estimate of drug-likeness (QED) is 0.616. The van der Waals surface area contributed by atoms with Gasteiger partial charge < -0.3 is 15.2 Å². The molecule has 3 rings (SSSR count). The molecule has 2 aromatic carbocycles. The van der Waals surface area contributed by atoms with Crippen LogP contribution < -0.4 is 10.6 Å². The molecule has 0 saturated heterocycles. The summed E-state index contributed by atoms with van der Waals surface area (Å²) in [4.78, 5) is 28.4. The molecular formula is C21H21ClN4O3. The number of nitrogens with one attached hydrogen (secondary N) is 2. The molecule has 2 N–H and O–H groups in total. The lowest BCUT2D eigenvalue weighted by molar-refractivity contribution is -0.124. The number of benzene rings is 2. The lowest BCUT2D eigenvalue weighted by Crippen LogP contribution is -2.33. The van der Waals surface area contributed by atoms with Crippen LogP contribution in [0.3, 0.4) is 0 Å². The zero-order valence-electron chi connectivity index (χ0n) is 16.2. The van der Waals surface area contributed by atoms with Gasteiger partial charge in [-0.25, -0.2) is 0 Å². The minimum absolute atomic E-state index is 0.105. The second-order valence-corrected chi connectivity index (χ2v) is 7.05. The van der Waals surface area contributed by atoms with Crippen LogP contribution >= 0.6 is 11.6 Å². The lowest BCUT2D eigenvalue weighted by atomic mass is 10.1. The minimum Gasteiger partial charge on any atom is -0.347 e. The molecule has 0 unspecified atom stereocenters. The monoisotopic (exact) mass is 412 g/mol. The van der Waals surface area contributed by atoms with E-state index >= 15 is 0 Å². The molecule has 29 heavy (non-hydrogen) atoms. The summed E-state index contributed by atoms with van der Waals surface area (Å²) in [6.07, 6.45) is 0.421. The first-order chi connectivity index (χ1) is 13.9. The zero-order valence-corrected chi connectivity index (χ0v) is 16.9. The molecule has 1 aromatic heterocycles. The Kier molecular flexibility index (Phi) is 6.61. The number of para-hydroxylation sites is 1. The van der Waals surface area contributed by atoms with Crippen molar-refractivity contribution in [1.82, 2.24) is 15.5 Å². The van der Waals surface area contributed by atoms with Gasteiger partial charge in [-0.3, -0.25) is 9.59 Å². The Labute approximate surface area is 173 Å². The van der Waals surface area contributed by atoms with Crippen molar-refractivity contribution in [3.63, 3.8) is 0 Å². The fourth-order valence-electron chi connectivity index (χ4n) is 2.76. The van der Waals surface area contributed by atoms with Gasteiger partial charge in [0.05, 0.1) is 6.54 Å². The number of aromatic nitrogens is 2. The molecule has 0 atom stereocenters. The van der Waals surface area contributed by atoms with Gasteiger partial charge in [0.1, 0.15) is 0 Å². The van der Waals surface area contributed by atoms with Crippen LogP contribution in [0.4, 0.5) is 5.69 Å². The summed E-state index contributed by atoms with van der Waals surface area (Å²) in [5.41, 5.74) is 3.49. The van der Waals surface area contributed by atoms with Crippen molar-refractivity contribution >= 4 is 29.1 Å². The summed E-state index contributed by atoms with van der Waals surface area (Å²) in [7, 11) is 0. The summed E-state index contributed by atoms with van der Waals surface area (Å²) >= 11 is 5.86. The molecule has 1 heterocycles. The van der Waals surface area contributed by atoms with Crippen molar-refractivity contribution < 1.29 is 14.1 Å². The predicted molar refractivity (Wildman–Crippen MR) is 111 cm³/mol. The SMILES string of the molecule is Cc1cccc(C)c1NC(=O)CNC(=O)CCc1nc(-c2ccc(Cl)cc2)no1. The second kappa shape index (κ2) is 9.34. The second-order valence-electron chi connectivity index (χ2n) is 6.61. The Balaban J connectivity index is 1.45. The van der Waals surface area contributed by atoms with E-state index in [2.05, 4.69) is 20.8 Å². The van der Waals surface area contributed by atoms with Crippen LogP contribution in [0.2, 0.25) is 5.02 Å². The highest BCUT2D eigenvalue weighted by Gasteiger charge is 2.12. The summed E-state index contributed by atoms with van der Waals surface area (Å²) in [6.45, 7) is 3.74. The molecule has 150 valence electrons. The Bertz CT molecular complexity index is 995. The van der Waals surface area contributed by atoms with Gasteiger partial charge in [0.2, 0.25) is 23.5 Å². The van der Waals surface area contributed by atoms with Crippen LogP contribution in [0.15, 0.2) is 47.0 Å². The van der Waals surface area contributed by atoms with Crippen LogP contribution in [0.1, 0.15) is 23.4 Å². The summed E-state index contributed by atoms with van der Waals surface area (Å²) < 4.78 is 5.18. The minimum atomic E-state index is -0.279. The number of hydrogen-bond acceptors (Lipinski definition) is 5. The molecule has 0 radical (unpaired) electrons. The van der Waals surface area contributed by atoms with E-state index in [1.54, 1.807) is 24.3 Å². The Morgan fingerprint density at radius 3 is 2.41 bits per heavy atom. The largest absolute Gasteiger partial charge is 0.347 e. The smallest absolute Gasteiger partial charge is 0.243 e. The van der Waals surface area contributed by atoms with Gasteiger partial charge in [0, 0.05) is 29.1 Å². The molecule has 0 aliphatic rings. The van der Waals surface area contributed by atoms with Gasteiger partial charge in [-0.1, -0.05) is 35.0 Å². The van der Waals surface area contributed by atoms with Gasteiger partial charge in [0.25, 0.3) is 0 Å². The molecule has 7 nitrogen and oxygen atoms in total. The molecule has 0 fully saturated rings. The fourth-order valence-corrected chi connectivity index (χ4v) is 2.88. The maximum Gasteiger partial charge on any atom is 0.243 e. The number of rotatable bonds is 7. The van der Waals surface area contributed by atoms with Crippen molar-refractivity contribution in [1.29, 1.82) is 0 Å². The van der Waals surface area contributed by atoms with E-state index in [-0.39, 0.29) is 31.2 Å². The summed E-state index contributed by atoms with van der Waals surface area (Å²) in [5, 5.41) is 9.96. The molecule has 0 spiro atoms. The number of amides is 2. The predicted octanol–water partition coefficient (Wildman–Crippen LogP) is 3.69. The third-order valence-corrected chi connectivity index (χ3v) is 4.58. The fraction of sp³-hybridized carbons (Fsp3) is 0.238. The number of nitrogens with zero attached hydrogens (tertiary/aromatic N) is 2. The van der Waals surface area contributed by atoms with E-state index in [9.17, 15) is 9.59 Å². The Morgan fingerprint density at radius 2 is 1.72 bits per heavy atom.